The minimum Gasteiger partial charge on any atom is -0.507 e. The number of aromatic hydroxyl groups is 1. The third kappa shape index (κ3) is 3.63. The number of hydrogen-bond acceptors (Lipinski definition) is 6. The summed E-state index contributed by atoms with van der Waals surface area (Å²) in [4.78, 5) is 41.4. The van der Waals surface area contributed by atoms with Crippen molar-refractivity contribution in [3.63, 3.8) is 0 Å². The molecule has 4 aliphatic carbocycles. The molecule has 4 aliphatic rings. The zero-order valence-electron chi connectivity index (χ0n) is 26.0. The molecule has 0 spiro atoms. The third-order valence-corrected chi connectivity index (χ3v) is 11.6. The molecule has 0 bridgehead atoms. The Morgan fingerprint density at radius 3 is 2.26 bits per heavy atom. The quantitative estimate of drug-likeness (QED) is 0.199. The van der Waals surface area contributed by atoms with Crippen molar-refractivity contribution in [2.75, 3.05) is 0 Å². The average molecular weight is 573 g/mol. The highest BCUT2D eigenvalue weighted by atomic mass is 16.3. The number of rotatable bonds is 5. The fourth-order valence-electron chi connectivity index (χ4n) is 9.16. The minimum atomic E-state index is -2.56. The molecule has 42 heavy (non-hydrogen) atoms. The highest BCUT2D eigenvalue weighted by molar-refractivity contribution is 6.33. The minimum absolute atomic E-state index is 0.0572. The summed E-state index contributed by atoms with van der Waals surface area (Å²) in [5.41, 5.74) is -1.04. The van der Waals surface area contributed by atoms with Crippen molar-refractivity contribution in [2.45, 2.75) is 98.0 Å². The lowest BCUT2D eigenvalue weighted by Crippen LogP contribution is -2.71. The number of carbonyl (C=O) groups is 3. The molecule has 1 aromatic carbocycles. The lowest BCUT2D eigenvalue weighted by Gasteiger charge is -2.63. The highest BCUT2D eigenvalue weighted by Crippen LogP contribution is 2.69. The van der Waals surface area contributed by atoms with E-state index < -0.39 is 45.5 Å². The number of phenols is 1. The molecule has 0 heterocycles. The van der Waals surface area contributed by atoms with Crippen LogP contribution in [-0.2, 0) is 14.4 Å². The molecule has 6 nitrogen and oxygen atoms in total. The van der Waals surface area contributed by atoms with Crippen molar-refractivity contribution < 1.29 is 29.7 Å². The number of Topliss-reactive ketones (excluding diaryl/α,β-unsaturated/α-hetero) is 3. The van der Waals surface area contributed by atoms with Gasteiger partial charge in [0.2, 0.25) is 11.6 Å². The molecule has 2 unspecified atom stereocenters. The zero-order valence-corrected chi connectivity index (χ0v) is 26.0. The van der Waals surface area contributed by atoms with Gasteiger partial charge in [-0.1, -0.05) is 76.6 Å². The molecule has 224 valence electrons. The summed E-state index contributed by atoms with van der Waals surface area (Å²) in [6.07, 6.45) is 2.92. The lowest BCUT2D eigenvalue weighted by atomic mass is 9.39. The van der Waals surface area contributed by atoms with Gasteiger partial charge in [-0.25, -0.2) is 0 Å². The SMILES string of the molecule is C=C(CC)C[C@@H]1[C@]2(C)C(=C(O)c3c(ccc(C4CC(C)CC4=C)c3O)[C@H]2C)C(=O)[C@@]2(O)C(=O)C(C(C)=O)=C(C)C[C@@]12C. The van der Waals surface area contributed by atoms with Crippen LogP contribution in [0.1, 0.15) is 109 Å². The highest BCUT2D eigenvalue weighted by Gasteiger charge is 2.73. The van der Waals surface area contributed by atoms with Crippen LogP contribution in [0.5, 0.6) is 5.75 Å². The van der Waals surface area contributed by atoms with E-state index in [2.05, 4.69) is 20.1 Å². The maximum atomic E-state index is 14.7. The smallest absolute Gasteiger partial charge is 0.206 e. The summed E-state index contributed by atoms with van der Waals surface area (Å²) in [7, 11) is 0. The van der Waals surface area contributed by atoms with E-state index in [9.17, 15) is 29.7 Å². The standard InChI is InChI=1S/C36H44O6/c1-10-17(2)15-26-34(8)16-20(5)27(22(7)37)32(40)36(34,42)33(41)29-31(39)28-23(21(6)35(26,29)9)11-12-24(30(28)38)25-14-18(3)13-19(25)4/h11-12,18,21,25-26,38-39,42H,2,4,10,13-16H2,1,3,5-9H3/t18?,21-,25?,26+,34+,35-,36+/m1/s1. The Bertz CT molecular complexity index is 1540. The number of aliphatic hydroxyl groups excluding tert-OH is 1. The molecule has 0 saturated heterocycles. The summed E-state index contributed by atoms with van der Waals surface area (Å²) in [6.45, 7) is 21.3. The molecule has 2 fully saturated rings. The number of benzene rings is 1. The number of aliphatic hydroxyl groups is 2. The predicted molar refractivity (Wildman–Crippen MR) is 163 cm³/mol. The molecule has 0 aliphatic heterocycles. The van der Waals surface area contributed by atoms with Crippen molar-refractivity contribution in [3.05, 3.63) is 69.8 Å². The van der Waals surface area contributed by atoms with Gasteiger partial charge in [0.05, 0.1) is 11.1 Å². The molecule has 6 heteroatoms. The number of ketones is 3. The van der Waals surface area contributed by atoms with E-state index in [1.54, 1.807) is 13.8 Å². The van der Waals surface area contributed by atoms with E-state index in [1.807, 2.05) is 32.9 Å². The fraction of sp³-hybridized carbons (Fsp3) is 0.528. The first-order chi connectivity index (χ1) is 19.5. The van der Waals surface area contributed by atoms with Gasteiger partial charge >= 0.3 is 0 Å². The molecule has 0 radical (unpaired) electrons. The molecule has 5 rings (SSSR count). The fourth-order valence-corrected chi connectivity index (χ4v) is 9.16. The van der Waals surface area contributed by atoms with Crippen molar-refractivity contribution in [3.8, 4) is 5.75 Å². The van der Waals surface area contributed by atoms with Gasteiger partial charge in [-0.05, 0) is 69.3 Å². The van der Waals surface area contributed by atoms with Crippen LogP contribution < -0.4 is 0 Å². The summed E-state index contributed by atoms with van der Waals surface area (Å²) in [6, 6.07) is 3.85. The van der Waals surface area contributed by atoms with Crippen molar-refractivity contribution in [1.29, 1.82) is 0 Å². The summed E-state index contributed by atoms with van der Waals surface area (Å²) < 4.78 is 0. The largest absolute Gasteiger partial charge is 0.507 e. The van der Waals surface area contributed by atoms with E-state index in [0.717, 1.165) is 24.0 Å². The second-order valence-electron chi connectivity index (χ2n) is 14.0. The van der Waals surface area contributed by atoms with Gasteiger partial charge in [-0.2, -0.15) is 0 Å². The van der Waals surface area contributed by atoms with E-state index in [4.69, 9.17) is 0 Å². The summed E-state index contributed by atoms with van der Waals surface area (Å²) in [5, 5.41) is 36.2. The van der Waals surface area contributed by atoms with Crippen LogP contribution in [0.15, 0.2) is 53.2 Å². The van der Waals surface area contributed by atoms with Crippen LogP contribution in [0.4, 0.5) is 0 Å². The Kier molecular flexibility index (Phi) is 6.93. The van der Waals surface area contributed by atoms with E-state index in [1.165, 1.54) is 6.92 Å². The van der Waals surface area contributed by atoms with Gasteiger partial charge in [0.1, 0.15) is 11.5 Å². The maximum absolute atomic E-state index is 14.7. The lowest BCUT2D eigenvalue weighted by molar-refractivity contribution is -0.184. The van der Waals surface area contributed by atoms with Crippen molar-refractivity contribution >= 4 is 23.1 Å². The van der Waals surface area contributed by atoms with Crippen LogP contribution in [0.2, 0.25) is 0 Å². The number of phenolic OH excluding ortho intramolecular Hbond substituents is 1. The molecule has 0 amide bonds. The molecule has 3 N–H and O–H groups in total. The first kappa shape index (κ1) is 30.2. The zero-order chi connectivity index (χ0) is 31.3. The third-order valence-electron chi connectivity index (χ3n) is 11.6. The average Bonchev–Trinajstić information content (AvgIpc) is 3.24. The van der Waals surface area contributed by atoms with Crippen molar-refractivity contribution in [2.24, 2.45) is 22.7 Å². The van der Waals surface area contributed by atoms with Gasteiger partial charge < -0.3 is 15.3 Å². The number of fused-ring (bicyclic) bond motifs is 3. The molecule has 7 atom stereocenters. The molecule has 1 aromatic rings. The Balaban J connectivity index is 1.83. The van der Waals surface area contributed by atoms with Gasteiger partial charge in [-0.3, -0.25) is 14.4 Å². The van der Waals surface area contributed by atoms with Crippen LogP contribution in [-0.4, -0.2) is 38.3 Å². The van der Waals surface area contributed by atoms with Crippen LogP contribution in [0, 0.1) is 22.7 Å². The van der Waals surface area contributed by atoms with E-state index in [0.29, 0.717) is 35.5 Å². The molecular formula is C36H44O6. The summed E-state index contributed by atoms with van der Waals surface area (Å²) >= 11 is 0. The van der Waals surface area contributed by atoms with Gasteiger partial charge in [0.25, 0.3) is 0 Å². The van der Waals surface area contributed by atoms with Crippen LogP contribution >= 0.6 is 0 Å². The number of allylic oxidation sites excluding steroid dienone is 3. The molecule has 0 aromatic heterocycles. The molecular weight excluding hydrogens is 528 g/mol. The monoisotopic (exact) mass is 572 g/mol. The maximum Gasteiger partial charge on any atom is 0.206 e. The Morgan fingerprint density at radius 1 is 1.10 bits per heavy atom. The normalized spacial score (nSPS) is 36.1. The summed E-state index contributed by atoms with van der Waals surface area (Å²) in [5.74, 6) is -3.32. The van der Waals surface area contributed by atoms with Gasteiger partial charge in [-0.15, -0.1) is 0 Å². The van der Waals surface area contributed by atoms with Crippen molar-refractivity contribution in [1.82, 2.24) is 0 Å². The van der Waals surface area contributed by atoms with E-state index >= 15 is 0 Å². The first-order valence-corrected chi connectivity index (χ1v) is 15.1. The van der Waals surface area contributed by atoms with Gasteiger partial charge in [0, 0.05) is 27.9 Å². The Hall–Kier alpha value is -3.25. The Morgan fingerprint density at radius 2 is 1.71 bits per heavy atom. The number of carbonyl (C=O) groups excluding carboxylic acids is 3. The predicted octanol–water partition coefficient (Wildman–Crippen LogP) is 7.03. The Labute approximate surface area is 248 Å². The van der Waals surface area contributed by atoms with Crippen LogP contribution in [0.25, 0.3) is 5.76 Å². The first-order valence-electron chi connectivity index (χ1n) is 15.1. The second kappa shape index (κ2) is 9.63. The number of hydrogen-bond donors (Lipinski definition) is 3. The topological polar surface area (TPSA) is 112 Å². The van der Waals surface area contributed by atoms with E-state index in [-0.39, 0.29) is 40.7 Å². The van der Waals surface area contributed by atoms with Gasteiger partial charge in [0.15, 0.2) is 11.4 Å². The van der Waals surface area contributed by atoms with Crippen LogP contribution in [0.3, 0.4) is 0 Å². The second-order valence-corrected chi connectivity index (χ2v) is 14.0. The molecule has 2 saturated carbocycles.